The number of esters is 1. The smallest absolute Gasteiger partial charge is 0.310 e. The third-order valence-electron chi connectivity index (χ3n) is 5.14. The lowest BCUT2D eigenvalue weighted by Gasteiger charge is -2.31. The average Bonchev–Trinajstić information content (AvgIpc) is 3.15. The Morgan fingerprint density at radius 2 is 2.03 bits per heavy atom. The monoisotopic (exact) mass is 416 g/mol. The Kier molecular flexibility index (Phi) is 7.30. The van der Waals surface area contributed by atoms with Crippen molar-refractivity contribution < 1.29 is 14.3 Å². The molecule has 1 aliphatic heterocycles. The Morgan fingerprint density at radius 3 is 2.76 bits per heavy atom. The van der Waals surface area contributed by atoms with Crippen LogP contribution in [0.5, 0.6) is 0 Å². The van der Waals surface area contributed by atoms with Crippen molar-refractivity contribution in [2.45, 2.75) is 45.3 Å². The molecule has 156 valence electrons. The van der Waals surface area contributed by atoms with E-state index in [-0.39, 0.29) is 23.5 Å². The fourth-order valence-corrected chi connectivity index (χ4v) is 4.48. The van der Waals surface area contributed by atoms with Gasteiger partial charge in [0, 0.05) is 25.2 Å². The summed E-state index contributed by atoms with van der Waals surface area (Å²) in [6.45, 7) is 8.12. The molecule has 0 aliphatic carbocycles. The summed E-state index contributed by atoms with van der Waals surface area (Å²) < 4.78 is 7.16. The maximum absolute atomic E-state index is 12.7. The van der Waals surface area contributed by atoms with E-state index < -0.39 is 0 Å². The van der Waals surface area contributed by atoms with Crippen LogP contribution in [0.15, 0.2) is 29.4 Å². The molecule has 1 aliphatic rings. The minimum Gasteiger partial charge on any atom is -0.466 e. The van der Waals surface area contributed by atoms with Gasteiger partial charge in [-0.2, -0.15) is 0 Å². The Bertz CT molecular complexity index is 867. The van der Waals surface area contributed by atoms with Gasteiger partial charge in [0.1, 0.15) is 0 Å². The van der Waals surface area contributed by atoms with Crippen LogP contribution in [-0.2, 0) is 20.9 Å². The predicted octanol–water partition coefficient (Wildman–Crippen LogP) is 3.17. The number of rotatable bonds is 7. The van der Waals surface area contributed by atoms with E-state index in [1.54, 1.807) is 11.8 Å². The average molecular weight is 417 g/mol. The summed E-state index contributed by atoms with van der Waals surface area (Å²) in [7, 11) is 0. The van der Waals surface area contributed by atoms with Crippen LogP contribution >= 0.6 is 11.8 Å². The van der Waals surface area contributed by atoms with Gasteiger partial charge >= 0.3 is 5.97 Å². The van der Waals surface area contributed by atoms with Gasteiger partial charge in [0.25, 0.3) is 0 Å². The first-order valence-electron chi connectivity index (χ1n) is 10.1. The highest BCUT2D eigenvalue weighted by atomic mass is 32.2. The molecule has 0 spiro atoms. The van der Waals surface area contributed by atoms with Gasteiger partial charge in [0.2, 0.25) is 5.91 Å². The molecule has 3 rings (SSSR count). The number of nitrogens with zero attached hydrogens (tertiary/aromatic N) is 4. The number of piperidine rings is 1. The molecule has 0 bridgehead atoms. The molecule has 0 radical (unpaired) electrons. The van der Waals surface area contributed by atoms with Crippen LogP contribution in [0, 0.1) is 12.8 Å². The van der Waals surface area contributed by atoms with E-state index >= 15 is 0 Å². The molecule has 2 heterocycles. The summed E-state index contributed by atoms with van der Waals surface area (Å²) in [5, 5.41) is 9.42. The van der Waals surface area contributed by atoms with Gasteiger partial charge in [-0.05, 0) is 39.2 Å². The van der Waals surface area contributed by atoms with Crippen LogP contribution in [0.1, 0.15) is 32.3 Å². The summed E-state index contributed by atoms with van der Waals surface area (Å²) in [4.78, 5) is 26.5. The van der Waals surface area contributed by atoms with Crippen LogP contribution in [0.2, 0.25) is 0 Å². The number of carbonyl (C=O) groups is 2. The lowest BCUT2D eigenvalue weighted by molar-refractivity contribution is -0.151. The molecule has 1 unspecified atom stereocenters. The SMILES string of the molecule is CCOC(=O)C1CCCN(C(=O)CSc2nnc(-c3ccccc3C)n2CC)C1. The zero-order valence-corrected chi connectivity index (χ0v) is 18.1. The number of amides is 1. The highest BCUT2D eigenvalue weighted by Gasteiger charge is 2.29. The normalized spacial score (nSPS) is 16.7. The second-order valence-corrected chi connectivity index (χ2v) is 8.03. The predicted molar refractivity (Wildman–Crippen MR) is 113 cm³/mol. The lowest BCUT2D eigenvalue weighted by atomic mass is 9.98. The minimum atomic E-state index is -0.218. The van der Waals surface area contributed by atoms with Crippen LogP contribution in [0.25, 0.3) is 11.4 Å². The van der Waals surface area contributed by atoms with Crippen molar-refractivity contribution in [3.05, 3.63) is 29.8 Å². The number of benzene rings is 1. The number of ether oxygens (including phenoxy) is 1. The molecule has 2 aromatic rings. The molecule has 1 fully saturated rings. The molecule has 1 amide bonds. The molecule has 1 atom stereocenters. The first-order chi connectivity index (χ1) is 14.0. The summed E-state index contributed by atoms with van der Waals surface area (Å²) in [6, 6.07) is 8.08. The molecule has 1 saturated heterocycles. The Morgan fingerprint density at radius 1 is 1.24 bits per heavy atom. The minimum absolute atomic E-state index is 0.0205. The van der Waals surface area contributed by atoms with E-state index in [1.165, 1.54) is 11.8 Å². The lowest BCUT2D eigenvalue weighted by Crippen LogP contribution is -2.43. The first kappa shape index (κ1) is 21.4. The van der Waals surface area contributed by atoms with Crippen LogP contribution in [-0.4, -0.2) is 57.0 Å². The van der Waals surface area contributed by atoms with Crippen molar-refractivity contribution in [1.82, 2.24) is 19.7 Å². The van der Waals surface area contributed by atoms with Gasteiger partial charge < -0.3 is 14.2 Å². The summed E-state index contributed by atoms with van der Waals surface area (Å²) in [5.74, 6) is 0.699. The number of thioether (sulfide) groups is 1. The van der Waals surface area contributed by atoms with Crippen LogP contribution < -0.4 is 0 Å². The number of hydrogen-bond acceptors (Lipinski definition) is 6. The molecule has 0 saturated carbocycles. The van der Waals surface area contributed by atoms with E-state index in [0.29, 0.717) is 19.7 Å². The van der Waals surface area contributed by atoms with Gasteiger partial charge in [0.15, 0.2) is 11.0 Å². The number of carbonyl (C=O) groups excluding carboxylic acids is 2. The third kappa shape index (κ3) is 4.98. The van der Waals surface area contributed by atoms with Crippen molar-refractivity contribution >= 4 is 23.6 Å². The van der Waals surface area contributed by atoms with Gasteiger partial charge in [-0.15, -0.1) is 10.2 Å². The fourth-order valence-electron chi connectivity index (χ4n) is 3.58. The maximum atomic E-state index is 12.7. The van der Waals surface area contributed by atoms with E-state index in [1.807, 2.05) is 29.7 Å². The second-order valence-electron chi connectivity index (χ2n) is 7.08. The zero-order chi connectivity index (χ0) is 20.8. The topological polar surface area (TPSA) is 77.3 Å². The molecule has 8 heteroatoms. The van der Waals surface area contributed by atoms with E-state index in [9.17, 15) is 9.59 Å². The largest absolute Gasteiger partial charge is 0.466 e. The summed E-state index contributed by atoms with van der Waals surface area (Å²) in [6.07, 6.45) is 1.60. The second kappa shape index (κ2) is 9.91. The standard InChI is InChI=1S/C21H28N4O3S/c1-4-25-19(17-11-7-6-9-15(17)3)22-23-21(25)29-14-18(26)24-12-8-10-16(13-24)20(27)28-5-2/h6-7,9,11,16H,4-5,8,10,12-14H2,1-3H3. The van der Waals surface area contributed by atoms with Crippen LogP contribution in [0.3, 0.4) is 0 Å². The van der Waals surface area contributed by atoms with Gasteiger partial charge in [-0.3, -0.25) is 9.59 Å². The Labute approximate surface area is 175 Å². The van der Waals surface area contributed by atoms with Gasteiger partial charge in [-0.25, -0.2) is 0 Å². The first-order valence-corrected chi connectivity index (χ1v) is 11.1. The van der Waals surface area contributed by atoms with E-state index in [4.69, 9.17) is 4.74 Å². The highest BCUT2D eigenvalue weighted by molar-refractivity contribution is 7.99. The fraction of sp³-hybridized carbons (Fsp3) is 0.524. The molecule has 1 aromatic carbocycles. The van der Waals surface area contributed by atoms with Crippen molar-refractivity contribution in [1.29, 1.82) is 0 Å². The zero-order valence-electron chi connectivity index (χ0n) is 17.3. The Balaban J connectivity index is 1.65. The number of likely N-dealkylation sites (tertiary alicyclic amines) is 1. The quantitative estimate of drug-likeness (QED) is 0.510. The van der Waals surface area contributed by atoms with E-state index in [2.05, 4.69) is 23.2 Å². The molecular formula is C21H28N4O3S. The van der Waals surface area contributed by atoms with Crippen molar-refractivity contribution in [3.8, 4) is 11.4 Å². The third-order valence-corrected chi connectivity index (χ3v) is 6.09. The molecule has 7 nitrogen and oxygen atoms in total. The van der Waals surface area contributed by atoms with Crippen LogP contribution in [0.4, 0.5) is 0 Å². The molecular weight excluding hydrogens is 388 g/mol. The number of aromatic nitrogens is 3. The summed E-state index contributed by atoms with van der Waals surface area (Å²) >= 11 is 1.40. The highest BCUT2D eigenvalue weighted by Crippen LogP contribution is 2.27. The molecule has 0 N–H and O–H groups in total. The number of aryl methyl sites for hydroxylation is 1. The molecule has 1 aromatic heterocycles. The molecule has 29 heavy (non-hydrogen) atoms. The van der Waals surface area contributed by atoms with Crippen molar-refractivity contribution in [2.75, 3.05) is 25.4 Å². The number of hydrogen-bond donors (Lipinski definition) is 0. The maximum Gasteiger partial charge on any atom is 0.310 e. The Hall–Kier alpha value is -2.35. The summed E-state index contributed by atoms with van der Waals surface area (Å²) in [5.41, 5.74) is 2.19. The van der Waals surface area contributed by atoms with Gasteiger partial charge in [0.05, 0.1) is 18.3 Å². The van der Waals surface area contributed by atoms with E-state index in [0.717, 1.165) is 41.5 Å². The van der Waals surface area contributed by atoms with Gasteiger partial charge in [-0.1, -0.05) is 36.0 Å². The van der Waals surface area contributed by atoms with Crippen molar-refractivity contribution in [3.63, 3.8) is 0 Å². The van der Waals surface area contributed by atoms with Crippen molar-refractivity contribution in [2.24, 2.45) is 5.92 Å².